The van der Waals surface area contributed by atoms with Gasteiger partial charge in [0.05, 0.1) is 0 Å². The normalized spacial score (nSPS) is 12.0. The molecule has 108 valence electrons. The van der Waals surface area contributed by atoms with Gasteiger partial charge in [0, 0.05) is 23.3 Å². The van der Waals surface area contributed by atoms with Crippen molar-refractivity contribution in [2.45, 2.75) is 32.6 Å². The minimum absolute atomic E-state index is 0.268. The van der Waals surface area contributed by atoms with Crippen LogP contribution in [0.4, 0.5) is 18.9 Å². The van der Waals surface area contributed by atoms with Crippen LogP contribution >= 0.6 is 11.6 Å². The molecule has 0 atom stereocenters. The molecule has 2 nitrogen and oxygen atoms in total. The molecule has 0 saturated carbocycles. The zero-order valence-electron chi connectivity index (χ0n) is 11.2. The molecule has 1 N–H and O–H groups in total. The molecular weight excluding hydrogens is 277 g/mol. The zero-order chi connectivity index (χ0) is 14.6. The first-order valence-electron chi connectivity index (χ1n) is 6.01. The van der Waals surface area contributed by atoms with Crippen LogP contribution in [0.5, 0.6) is 0 Å². The minimum atomic E-state index is -4.25. The predicted molar refractivity (Wildman–Crippen MR) is 72.8 cm³/mol. The lowest BCUT2D eigenvalue weighted by atomic mass is 10.1. The lowest BCUT2D eigenvalue weighted by Gasteiger charge is -2.31. The Balaban J connectivity index is 3.17. The van der Waals surface area contributed by atoms with E-state index >= 15 is 0 Å². The average molecular weight is 295 g/mol. The van der Waals surface area contributed by atoms with Gasteiger partial charge in [0.25, 0.3) is 0 Å². The maximum Gasteiger partial charge on any atom is 0.405 e. The van der Waals surface area contributed by atoms with Gasteiger partial charge in [0.1, 0.15) is 6.54 Å². The number of benzene rings is 1. The summed E-state index contributed by atoms with van der Waals surface area (Å²) in [4.78, 5) is 1.32. The van der Waals surface area contributed by atoms with E-state index in [4.69, 9.17) is 11.6 Å². The summed E-state index contributed by atoms with van der Waals surface area (Å²) in [5.74, 6) is 0. The van der Waals surface area contributed by atoms with Crippen molar-refractivity contribution in [3.63, 3.8) is 0 Å². The van der Waals surface area contributed by atoms with Crippen molar-refractivity contribution in [3.05, 3.63) is 28.8 Å². The van der Waals surface area contributed by atoms with E-state index in [1.807, 2.05) is 0 Å². The van der Waals surface area contributed by atoms with Crippen LogP contribution in [-0.2, 0) is 6.54 Å². The van der Waals surface area contributed by atoms with Crippen LogP contribution in [-0.4, -0.2) is 25.8 Å². The van der Waals surface area contributed by atoms with Crippen molar-refractivity contribution in [2.24, 2.45) is 0 Å². The summed E-state index contributed by atoms with van der Waals surface area (Å²) in [5.41, 5.74) is 1.32. The van der Waals surface area contributed by atoms with E-state index < -0.39 is 12.7 Å². The molecule has 1 aromatic rings. The van der Waals surface area contributed by atoms with Gasteiger partial charge in [-0.15, -0.1) is 0 Å². The summed E-state index contributed by atoms with van der Waals surface area (Å²) in [6.07, 6.45) is -4.25. The maximum atomic E-state index is 12.7. The standard InChI is InChI=1S/C13H18ClF3N2/c1-9(2)19(8-13(15,16)17)12-6-11(14)5-4-10(12)7-18-3/h4-6,9,18H,7-8H2,1-3H3. The smallest absolute Gasteiger partial charge is 0.360 e. The molecule has 0 heterocycles. The topological polar surface area (TPSA) is 15.3 Å². The van der Waals surface area contributed by atoms with Gasteiger partial charge < -0.3 is 10.2 Å². The third kappa shape index (κ3) is 4.91. The first-order valence-corrected chi connectivity index (χ1v) is 6.39. The van der Waals surface area contributed by atoms with E-state index in [1.54, 1.807) is 39.1 Å². The highest BCUT2D eigenvalue weighted by molar-refractivity contribution is 6.30. The number of rotatable bonds is 5. The van der Waals surface area contributed by atoms with Crippen molar-refractivity contribution in [3.8, 4) is 0 Å². The Bertz CT molecular complexity index is 419. The summed E-state index contributed by atoms with van der Waals surface area (Å²) in [6, 6.07) is 4.75. The van der Waals surface area contributed by atoms with Crippen LogP contribution in [0.3, 0.4) is 0 Å². The van der Waals surface area contributed by atoms with Gasteiger partial charge >= 0.3 is 6.18 Å². The van der Waals surface area contributed by atoms with E-state index in [1.165, 1.54) is 4.90 Å². The molecule has 19 heavy (non-hydrogen) atoms. The van der Waals surface area contributed by atoms with Crippen LogP contribution in [0.15, 0.2) is 18.2 Å². The molecule has 0 spiro atoms. The van der Waals surface area contributed by atoms with E-state index in [9.17, 15) is 13.2 Å². The first-order chi connectivity index (χ1) is 8.74. The Labute approximate surface area is 116 Å². The number of nitrogens with one attached hydrogen (secondary N) is 1. The van der Waals surface area contributed by atoms with Crippen LogP contribution < -0.4 is 10.2 Å². The largest absolute Gasteiger partial charge is 0.405 e. The molecular formula is C13H18ClF3N2. The third-order valence-corrected chi connectivity index (χ3v) is 2.93. The first kappa shape index (κ1) is 16.1. The van der Waals surface area contributed by atoms with Crippen molar-refractivity contribution < 1.29 is 13.2 Å². The highest BCUT2D eigenvalue weighted by Gasteiger charge is 2.32. The fourth-order valence-corrected chi connectivity index (χ4v) is 2.05. The Kier molecular flexibility index (Phi) is 5.50. The molecule has 0 aliphatic carbocycles. The molecule has 1 rings (SSSR count). The highest BCUT2D eigenvalue weighted by atomic mass is 35.5. The molecule has 6 heteroatoms. The monoisotopic (exact) mass is 294 g/mol. The number of nitrogens with zero attached hydrogens (tertiary/aromatic N) is 1. The van der Waals surface area contributed by atoms with Gasteiger partial charge in [-0.1, -0.05) is 17.7 Å². The van der Waals surface area contributed by atoms with Gasteiger partial charge in [-0.25, -0.2) is 0 Å². The Hall–Kier alpha value is -0.940. The van der Waals surface area contributed by atoms with Crippen molar-refractivity contribution in [1.29, 1.82) is 0 Å². The fourth-order valence-electron chi connectivity index (χ4n) is 1.88. The van der Waals surface area contributed by atoms with E-state index in [2.05, 4.69) is 5.32 Å². The summed E-state index contributed by atoms with van der Waals surface area (Å²) < 4.78 is 38.0. The Morgan fingerprint density at radius 2 is 1.95 bits per heavy atom. The second-order valence-corrected chi connectivity index (χ2v) is 5.08. The van der Waals surface area contributed by atoms with E-state index in [0.29, 0.717) is 17.3 Å². The molecule has 1 aromatic carbocycles. The Morgan fingerprint density at radius 1 is 1.32 bits per heavy atom. The van der Waals surface area contributed by atoms with Crippen LogP contribution in [0.25, 0.3) is 0 Å². The van der Waals surface area contributed by atoms with Crippen LogP contribution in [0, 0.1) is 0 Å². The van der Waals surface area contributed by atoms with Crippen molar-refractivity contribution >= 4 is 17.3 Å². The van der Waals surface area contributed by atoms with Gasteiger partial charge in [-0.2, -0.15) is 13.2 Å². The molecule has 0 fully saturated rings. The number of hydrogen-bond acceptors (Lipinski definition) is 2. The predicted octanol–water partition coefficient (Wildman–Crippen LogP) is 3.84. The number of alkyl halides is 3. The molecule has 0 aliphatic heterocycles. The number of anilines is 1. The maximum absolute atomic E-state index is 12.7. The quantitative estimate of drug-likeness (QED) is 0.888. The second kappa shape index (κ2) is 6.48. The molecule has 0 saturated heterocycles. The molecule has 0 amide bonds. The van der Waals surface area contributed by atoms with Gasteiger partial charge in [-0.3, -0.25) is 0 Å². The lowest BCUT2D eigenvalue weighted by Crippen LogP contribution is -2.39. The molecule has 0 aromatic heterocycles. The SMILES string of the molecule is CNCc1ccc(Cl)cc1N(CC(F)(F)F)C(C)C. The summed E-state index contributed by atoms with van der Waals surface area (Å²) >= 11 is 5.91. The highest BCUT2D eigenvalue weighted by Crippen LogP contribution is 2.29. The van der Waals surface area contributed by atoms with Crippen LogP contribution in [0.2, 0.25) is 5.02 Å². The van der Waals surface area contributed by atoms with Gasteiger partial charge in [0.2, 0.25) is 0 Å². The minimum Gasteiger partial charge on any atom is -0.360 e. The second-order valence-electron chi connectivity index (χ2n) is 4.64. The Morgan fingerprint density at radius 3 is 2.42 bits per heavy atom. The summed E-state index contributed by atoms with van der Waals surface area (Å²) in [6.45, 7) is 2.97. The van der Waals surface area contributed by atoms with Crippen molar-refractivity contribution in [1.82, 2.24) is 5.32 Å². The summed E-state index contributed by atoms with van der Waals surface area (Å²) in [7, 11) is 1.75. The lowest BCUT2D eigenvalue weighted by molar-refractivity contribution is -0.120. The van der Waals surface area contributed by atoms with E-state index in [0.717, 1.165) is 5.56 Å². The zero-order valence-corrected chi connectivity index (χ0v) is 11.9. The number of halogens is 4. The average Bonchev–Trinajstić information content (AvgIpc) is 2.27. The fraction of sp³-hybridized carbons (Fsp3) is 0.538. The molecule has 0 radical (unpaired) electrons. The van der Waals surface area contributed by atoms with Gasteiger partial charge in [0.15, 0.2) is 0 Å². The summed E-state index contributed by atoms with van der Waals surface area (Å²) in [5, 5.41) is 3.38. The van der Waals surface area contributed by atoms with Crippen molar-refractivity contribution in [2.75, 3.05) is 18.5 Å². The molecule has 0 bridgehead atoms. The third-order valence-electron chi connectivity index (χ3n) is 2.70. The number of hydrogen-bond donors (Lipinski definition) is 1. The van der Waals surface area contributed by atoms with Crippen LogP contribution in [0.1, 0.15) is 19.4 Å². The molecule has 0 unspecified atom stereocenters. The van der Waals surface area contributed by atoms with Gasteiger partial charge in [-0.05, 0) is 38.6 Å². The van der Waals surface area contributed by atoms with E-state index in [-0.39, 0.29) is 6.04 Å². The molecule has 0 aliphatic rings.